The van der Waals surface area contributed by atoms with E-state index in [0.29, 0.717) is 5.69 Å². The van der Waals surface area contributed by atoms with Crippen molar-refractivity contribution < 1.29 is 14.1 Å². The molecular formula is C7H4N2O3. The van der Waals surface area contributed by atoms with Crippen LogP contribution in [-0.4, -0.2) is 17.0 Å². The van der Waals surface area contributed by atoms with Gasteiger partial charge in [0.1, 0.15) is 12.0 Å². The minimum atomic E-state index is -0.436. The maximum Gasteiger partial charge on any atom is 0.260 e. The van der Waals surface area contributed by atoms with Crippen molar-refractivity contribution >= 4 is 17.4 Å². The second-order valence-electron chi connectivity index (χ2n) is 2.26. The highest BCUT2D eigenvalue weighted by Crippen LogP contribution is 2.14. The van der Waals surface area contributed by atoms with Crippen LogP contribution in [0.25, 0.3) is 5.57 Å². The largest absolute Gasteiger partial charge is 0.364 e. The second-order valence-corrected chi connectivity index (χ2v) is 2.26. The van der Waals surface area contributed by atoms with Gasteiger partial charge in [0.2, 0.25) is 0 Å². The number of amides is 2. The Morgan fingerprint density at radius 3 is 2.75 bits per heavy atom. The minimum absolute atomic E-state index is 0.244. The first kappa shape index (κ1) is 6.78. The normalized spacial score (nSPS) is 16.2. The van der Waals surface area contributed by atoms with Crippen LogP contribution in [0, 0.1) is 0 Å². The number of nitrogens with one attached hydrogen (secondary N) is 1. The molecule has 0 unspecified atom stereocenters. The zero-order valence-electron chi connectivity index (χ0n) is 5.90. The van der Waals surface area contributed by atoms with Gasteiger partial charge in [0.05, 0.1) is 5.57 Å². The lowest BCUT2D eigenvalue weighted by Gasteiger charge is -1.90. The molecule has 5 nitrogen and oxygen atoms in total. The monoisotopic (exact) mass is 164 g/mol. The summed E-state index contributed by atoms with van der Waals surface area (Å²) < 4.78 is 4.53. The van der Waals surface area contributed by atoms with Crippen molar-refractivity contribution in [1.82, 2.24) is 10.5 Å². The number of hydrogen-bond donors (Lipinski definition) is 1. The average Bonchev–Trinajstić information content (AvgIpc) is 2.58. The summed E-state index contributed by atoms with van der Waals surface area (Å²) in [5.74, 6) is -0.855. The van der Waals surface area contributed by atoms with Gasteiger partial charge in [-0.05, 0) is 0 Å². The van der Waals surface area contributed by atoms with E-state index in [1.54, 1.807) is 0 Å². The molecule has 0 saturated heterocycles. The molecule has 5 heteroatoms. The summed E-state index contributed by atoms with van der Waals surface area (Å²) in [6.07, 6.45) is 2.53. The molecule has 0 aliphatic carbocycles. The molecule has 0 fully saturated rings. The van der Waals surface area contributed by atoms with E-state index < -0.39 is 11.8 Å². The van der Waals surface area contributed by atoms with Crippen LogP contribution in [0.2, 0.25) is 0 Å². The Morgan fingerprint density at radius 2 is 2.25 bits per heavy atom. The van der Waals surface area contributed by atoms with Crippen molar-refractivity contribution in [3.63, 3.8) is 0 Å². The summed E-state index contributed by atoms with van der Waals surface area (Å²) in [5.41, 5.74) is 0.618. The molecule has 2 rings (SSSR count). The summed E-state index contributed by atoms with van der Waals surface area (Å²) in [6.45, 7) is 0. The second kappa shape index (κ2) is 2.30. The van der Waals surface area contributed by atoms with Crippen LogP contribution in [-0.2, 0) is 9.59 Å². The van der Waals surface area contributed by atoms with Crippen LogP contribution in [0.1, 0.15) is 5.69 Å². The molecule has 0 atom stereocenters. The van der Waals surface area contributed by atoms with Crippen molar-refractivity contribution in [3.8, 4) is 0 Å². The lowest BCUT2D eigenvalue weighted by Crippen LogP contribution is -2.21. The summed E-state index contributed by atoms with van der Waals surface area (Å²) in [4.78, 5) is 21.7. The first-order chi connectivity index (χ1) is 5.77. The number of rotatable bonds is 1. The molecule has 2 heterocycles. The first-order valence-electron chi connectivity index (χ1n) is 3.25. The number of nitrogens with zero attached hydrogens (tertiary/aromatic N) is 1. The van der Waals surface area contributed by atoms with E-state index >= 15 is 0 Å². The lowest BCUT2D eigenvalue weighted by atomic mass is 10.2. The van der Waals surface area contributed by atoms with Crippen molar-refractivity contribution in [3.05, 3.63) is 24.1 Å². The predicted octanol–water partition coefficient (Wildman–Crippen LogP) is -0.286. The number of carbonyl (C=O) groups excluding carboxylic acids is 2. The van der Waals surface area contributed by atoms with Gasteiger partial charge < -0.3 is 4.52 Å². The highest BCUT2D eigenvalue weighted by atomic mass is 16.5. The Labute approximate surface area is 67.0 Å². The molecule has 1 N–H and O–H groups in total. The van der Waals surface area contributed by atoms with Crippen molar-refractivity contribution in [2.75, 3.05) is 0 Å². The Bertz CT molecular complexity index is 364. The van der Waals surface area contributed by atoms with Crippen LogP contribution >= 0.6 is 0 Å². The number of carbonyl (C=O) groups is 2. The van der Waals surface area contributed by atoms with Crippen molar-refractivity contribution in [2.24, 2.45) is 0 Å². The van der Waals surface area contributed by atoms with E-state index in [4.69, 9.17) is 0 Å². The quantitative estimate of drug-likeness (QED) is 0.579. The van der Waals surface area contributed by atoms with Gasteiger partial charge in [0.15, 0.2) is 0 Å². The molecule has 12 heavy (non-hydrogen) atoms. The van der Waals surface area contributed by atoms with Gasteiger partial charge in [-0.3, -0.25) is 14.9 Å². The van der Waals surface area contributed by atoms with E-state index in [9.17, 15) is 9.59 Å². The molecule has 0 radical (unpaired) electrons. The third-order valence-electron chi connectivity index (χ3n) is 1.47. The number of aromatic nitrogens is 1. The van der Waals surface area contributed by atoms with E-state index in [0.717, 1.165) is 0 Å². The molecule has 0 bridgehead atoms. The van der Waals surface area contributed by atoms with Gasteiger partial charge in [-0.1, -0.05) is 5.16 Å². The standard InChI is InChI=1S/C7H4N2O3/c10-6-3-4(7(11)8-6)5-1-2-12-9-5/h1-3H,(H,8,10,11). The first-order valence-corrected chi connectivity index (χ1v) is 3.25. The van der Waals surface area contributed by atoms with E-state index in [-0.39, 0.29) is 5.57 Å². The van der Waals surface area contributed by atoms with Gasteiger partial charge in [0.25, 0.3) is 11.8 Å². The third-order valence-corrected chi connectivity index (χ3v) is 1.47. The Morgan fingerprint density at radius 1 is 1.42 bits per heavy atom. The number of imide groups is 1. The number of hydrogen-bond acceptors (Lipinski definition) is 4. The average molecular weight is 164 g/mol. The van der Waals surface area contributed by atoms with Crippen molar-refractivity contribution in [1.29, 1.82) is 0 Å². The molecule has 1 aliphatic heterocycles. The van der Waals surface area contributed by atoms with Crippen molar-refractivity contribution in [2.45, 2.75) is 0 Å². The van der Waals surface area contributed by atoms with Gasteiger partial charge in [0, 0.05) is 12.1 Å². The highest BCUT2D eigenvalue weighted by Gasteiger charge is 2.23. The minimum Gasteiger partial charge on any atom is -0.364 e. The summed E-state index contributed by atoms with van der Waals surface area (Å²) >= 11 is 0. The van der Waals surface area contributed by atoms with Gasteiger partial charge in [-0.2, -0.15) is 0 Å². The van der Waals surface area contributed by atoms with Gasteiger partial charge >= 0.3 is 0 Å². The maximum atomic E-state index is 11.0. The van der Waals surface area contributed by atoms with Gasteiger partial charge in [-0.25, -0.2) is 0 Å². The van der Waals surface area contributed by atoms with Crippen LogP contribution < -0.4 is 5.32 Å². The topological polar surface area (TPSA) is 72.2 Å². The lowest BCUT2D eigenvalue weighted by molar-refractivity contribution is -0.123. The Hall–Kier alpha value is -1.91. The molecule has 1 aromatic rings. The highest BCUT2D eigenvalue weighted by molar-refractivity contribution is 6.33. The SMILES string of the molecule is O=C1C=C(c2ccon2)C(=O)N1. The van der Waals surface area contributed by atoms with E-state index in [1.165, 1.54) is 18.4 Å². The van der Waals surface area contributed by atoms with E-state index in [1.807, 2.05) is 0 Å². The Kier molecular flexibility index (Phi) is 1.30. The van der Waals surface area contributed by atoms with Crippen LogP contribution in [0.15, 0.2) is 22.9 Å². The zero-order chi connectivity index (χ0) is 8.55. The molecule has 1 aliphatic rings. The molecule has 2 amide bonds. The molecule has 1 aromatic heterocycles. The van der Waals surface area contributed by atoms with Gasteiger partial charge in [-0.15, -0.1) is 0 Å². The third kappa shape index (κ3) is 0.914. The predicted molar refractivity (Wildman–Crippen MR) is 37.6 cm³/mol. The van der Waals surface area contributed by atoms with E-state index in [2.05, 4.69) is 15.0 Å². The Balaban J connectivity index is 2.43. The van der Waals surface area contributed by atoms with Crippen LogP contribution in [0.4, 0.5) is 0 Å². The summed E-state index contributed by atoms with van der Waals surface area (Å²) in [6, 6.07) is 1.52. The summed E-state index contributed by atoms with van der Waals surface area (Å²) in [5, 5.41) is 5.63. The molecule has 0 aromatic carbocycles. The maximum absolute atomic E-state index is 11.0. The fraction of sp³-hybridized carbons (Fsp3) is 0. The fourth-order valence-electron chi connectivity index (χ4n) is 0.954. The molecule has 60 valence electrons. The van der Waals surface area contributed by atoms with Crippen LogP contribution in [0.3, 0.4) is 0 Å². The fourth-order valence-corrected chi connectivity index (χ4v) is 0.954. The smallest absolute Gasteiger partial charge is 0.260 e. The molecule has 0 spiro atoms. The molecule has 0 saturated carbocycles. The zero-order valence-corrected chi connectivity index (χ0v) is 5.90. The molecular weight excluding hydrogens is 160 g/mol. The van der Waals surface area contributed by atoms with Crippen LogP contribution in [0.5, 0.6) is 0 Å². The summed E-state index contributed by atoms with van der Waals surface area (Å²) in [7, 11) is 0.